The molecule has 4 nitrogen and oxygen atoms in total. The predicted molar refractivity (Wildman–Crippen MR) is 60.8 cm³/mol. The molecule has 0 aliphatic carbocycles. The lowest BCUT2D eigenvalue weighted by Gasteiger charge is -2.20. The van der Waals surface area contributed by atoms with Crippen LogP contribution in [0.2, 0.25) is 5.02 Å². The summed E-state index contributed by atoms with van der Waals surface area (Å²) in [5.74, 6) is 0.203. The Labute approximate surface area is 93.8 Å². The third kappa shape index (κ3) is 3.18. The smallest absolute Gasteiger partial charge is 0.245 e. The summed E-state index contributed by atoms with van der Waals surface area (Å²) in [4.78, 5) is 15.6. The number of nitrogens with two attached hydrogens (primary N) is 1. The number of halogens is 1. The average molecular weight is 228 g/mol. The summed E-state index contributed by atoms with van der Waals surface area (Å²) in [5, 5.41) is 3.15. The molecule has 1 aromatic rings. The summed E-state index contributed by atoms with van der Waals surface area (Å²) in [6.07, 6.45) is 2.03. The van der Waals surface area contributed by atoms with Gasteiger partial charge in [0.25, 0.3) is 0 Å². The van der Waals surface area contributed by atoms with Crippen molar-refractivity contribution < 1.29 is 4.79 Å². The molecule has 3 N–H and O–H groups in total. The van der Waals surface area contributed by atoms with Crippen LogP contribution >= 0.6 is 11.6 Å². The van der Waals surface area contributed by atoms with Gasteiger partial charge in [-0.15, -0.1) is 0 Å². The molecule has 0 fully saturated rings. The number of hydrogen-bond acceptors (Lipinski definition) is 3. The zero-order valence-corrected chi connectivity index (χ0v) is 9.51. The Morgan fingerprint density at radius 2 is 2.33 bits per heavy atom. The summed E-state index contributed by atoms with van der Waals surface area (Å²) in [7, 11) is 0. The molecule has 0 saturated carbocycles. The first-order chi connectivity index (χ1) is 6.95. The van der Waals surface area contributed by atoms with Crippen LogP contribution in [0.25, 0.3) is 0 Å². The van der Waals surface area contributed by atoms with Gasteiger partial charge in [-0.25, -0.2) is 4.98 Å². The van der Waals surface area contributed by atoms with E-state index in [9.17, 15) is 4.79 Å². The van der Waals surface area contributed by atoms with Crippen LogP contribution in [0.4, 0.5) is 5.82 Å². The van der Waals surface area contributed by atoms with Crippen molar-refractivity contribution in [2.24, 2.45) is 5.73 Å². The minimum Gasteiger partial charge on any atom is -0.318 e. The van der Waals surface area contributed by atoms with E-state index in [0.29, 0.717) is 17.3 Å². The molecule has 1 unspecified atom stereocenters. The second-order valence-electron chi connectivity index (χ2n) is 3.59. The van der Waals surface area contributed by atoms with E-state index in [2.05, 4.69) is 10.3 Å². The van der Waals surface area contributed by atoms with Gasteiger partial charge < -0.3 is 11.1 Å². The van der Waals surface area contributed by atoms with Gasteiger partial charge in [0.15, 0.2) is 0 Å². The fraction of sp³-hybridized carbons (Fsp3) is 0.400. The van der Waals surface area contributed by atoms with Crippen LogP contribution < -0.4 is 11.1 Å². The maximum Gasteiger partial charge on any atom is 0.245 e. The van der Waals surface area contributed by atoms with Crippen molar-refractivity contribution in [3.8, 4) is 0 Å². The van der Waals surface area contributed by atoms with Gasteiger partial charge in [-0.05, 0) is 25.5 Å². The highest BCUT2D eigenvalue weighted by Gasteiger charge is 2.26. The third-order valence-electron chi connectivity index (χ3n) is 2.22. The Morgan fingerprint density at radius 1 is 1.67 bits per heavy atom. The second-order valence-corrected chi connectivity index (χ2v) is 4.02. The lowest BCUT2D eigenvalue weighted by Crippen LogP contribution is -2.47. The fourth-order valence-corrected chi connectivity index (χ4v) is 0.981. The molecular formula is C10H14ClN3O. The SMILES string of the molecule is CCC(C)(N)C(=O)Nc1ccc(Cl)cn1. The van der Waals surface area contributed by atoms with Crippen molar-refractivity contribution in [2.45, 2.75) is 25.8 Å². The molecule has 0 aliphatic rings. The number of aromatic nitrogens is 1. The number of carbonyl (C=O) groups excluding carboxylic acids is 1. The number of carbonyl (C=O) groups is 1. The van der Waals surface area contributed by atoms with E-state index in [0.717, 1.165) is 0 Å². The Kier molecular flexibility index (Phi) is 3.66. The molecule has 1 atom stereocenters. The van der Waals surface area contributed by atoms with Crippen LogP contribution in [0.15, 0.2) is 18.3 Å². The largest absolute Gasteiger partial charge is 0.318 e. The van der Waals surface area contributed by atoms with Crippen molar-refractivity contribution in [3.63, 3.8) is 0 Å². The maximum absolute atomic E-state index is 11.6. The molecule has 1 heterocycles. The van der Waals surface area contributed by atoms with E-state index in [1.54, 1.807) is 19.1 Å². The van der Waals surface area contributed by atoms with Gasteiger partial charge in [0.1, 0.15) is 5.82 Å². The molecule has 0 bridgehead atoms. The molecule has 1 aromatic heterocycles. The minimum absolute atomic E-state index is 0.250. The van der Waals surface area contributed by atoms with Crippen molar-refractivity contribution in [3.05, 3.63) is 23.4 Å². The van der Waals surface area contributed by atoms with Crippen LogP contribution in [-0.2, 0) is 4.79 Å². The zero-order valence-electron chi connectivity index (χ0n) is 8.75. The average Bonchev–Trinajstić information content (AvgIpc) is 2.21. The lowest BCUT2D eigenvalue weighted by atomic mass is 10.00. The van der Waals surface area contributed by atoms with Crippen LogP contribution in [0, 0.1) is 0 Å². The number of anilines is 1. The van der Waals surface area contributed by atoms with E-state index in [1.165, 1.54) is 6.20 Å². The van der Waals surface area contributed by atoms with E-state index >= 15 is 0 Å². The van der Waals surface area contributed by atoms with Crippen LogP contribution in [-0.4, -0.2) is 16.4 Å². The summed E-state index contributed by atoms with van der Waals surface area (Å²) in [6.45, 7) is 3.53. The van der Waals surface area contributed by atoms with Crippen molar-refractivity contribution in [2.75, 3.05) is 5.32 Å². The summed E-state index contributed by atoms with van der Waals surface area (Å²) >= 11 is 5.67. The molecule has 1 amide bonds. The quantitative estimate of drug-likeness (QED) is 0.828. The number of nitrogens with zero attached hydrogens (tertiary/aromatic N) is 1. The van der Waals surface area contributed by atoms with Crippen LogP contribution in [0.5, 0.6) is 0 Å². The number of pyridine rings is 1. The topological polar surface area (TPSA) is 68.0 Å². The number of amides is 1. The molecule has 15 heavy (non-hydrogen) atoms. The lowest BCUT2D eigenvalue weighted by molar-refractivity contribution is -0.120. The van der Waals surface area contributed by atoms with Crippen molar-refractivity contribution >= 4 is 23.3 Å². The normalized spacial score (nSPS) is 14.4. The Balaban J connectivity index is 2.71. The van der Waals surface area contributed by atoms with Crippen molar-refractivity contribution in [1.29, 1.82) is 0 Å². The van der Waals surface area contributed by atoms with Gasteiger partial charge in [0.2, 0.25) is 5.91 Å². The standard InChI is InChI=1S/C10H14ClN3O/c1-3-10(2,12)9(15)14-8-5-4-7(11)6-13-8/h4-6H,3,12H2,1-2H3,(H,13,14,15). The fourth-order valence-electron chi connectivity index (χ4n) is 0.869. The molecule has 0 saturated heterocycles. The Morgan fingerprint density at radius 3 is 2.80 bits per heavy atom. The zero-order chi connectivity index (χ0) is 11.5. The van der Waals surface area contributed by atoms with Crippen LogP contribution in [0.1, 0.15) is 20.3 Å². The first-order valence-electron chi connectivity index (χ1n) is 4.67. The number of rotatable bonds is 3. The summed E-state index contributed by atoms with van der Waals surface area (Å²) < 4.78 is 0. The maximum atomic E-state index is 11.6. The number of hydrogen-bond donors (Lipinski definition) is 2. The minimum atomic E-state index is -0.874. The molecule has 0 aliphatic heterocycles. The van der Waals surface area contributed by atoms with E-state index in [1.807, 2.05) is 6.92 Å². The predicted octanol–water partition coefficient (Wildman–Crippen LogP) is 1.80. The summed E-state index contributed by atoms with van der Waals surface area (Å²) in [5.41, 5.74) is 4.90. The van der Waals surface area contributed by atoms with Gasteiger partial charge in [-0.2, -0.15) is 0 Å². The highest BCUT2D eigenvalue weighted by atomic mass is 35.5. The first-order valence-corrected chi connectivity index (χ1v) is 5.05. The third-order valence-corrected chi connectivity index (χ3v) is 2.45. The van der Waals surface area contributed by atoms with Crippen molar-refractivity contribution in [1.82, 2.24) is 4.98 Å². The Bertz CT molecular complexity index is 348. The summed E-state index contributed by atoms with van der Waals surface area (Å²) in [6, 6.07) is 3.29. The van der Waals surface area contributed by atoms with Gasteiger partial charge in [0, 0.05) is 6.20 Å². The highest BCUT2D eigenvalue weighted by molar-refractivity contribution is 6.30. The second kappa shape index (κ2) is 4.59. The molecule has 0 radical (unpaired) electrons. The van der Waals surface area contributed by atoms with Gasteiger partial charge in [0.05, 0.1) is 10.6 Å². The van der Waals surface area contributed by atoms with E-state index in [4.69, 9.17) is 17.3 Å². The highest BCUT2D eigenvalue weighted by Crippen LogP contribution is 2.12. The first kappa shape index (κ1) is 11.9. The molecule has 0 spiro atoms. The number of nitrogens with one attached hydrogen (secondary N) is 1. The molecule has 82 valence electrons. The monoisotopic (exact) mass is 227 g/mol. The van der Waals surface area contributed by atoms with Crippen LogP contribution in [0.3, 0.4) is 0 Å². The van der Waals surface area contributed by atoms with E-state index in [-0.39, 0.29) is 5.91 Å². The Hall–Kier alpha value is -1.13. The molecule has 1 rings (SSSR count). The molecular weight excluding hydrogens is 214 g/mol. The molecule has 5 heteroatoms. The van der Waals surface area contributed by atoms with Gasteiger partial charge in [-0.3, -0.25) is 4.79 Å². The van der Waals surface area contributed by atoms with E-state index < -0.39 is 5.54 Å². The molecule has 0 aromatic carbocycles. The van der Waals surface area contributed by atoms with Gasteiger partial charge in [-0.1, -0.05) is 18.5 Å². The van der Waals surface area contributed by atoms with Gasteiger partial charge >= 0.3 is 0 Å².